The van der Waals surface area contributed by atoms with E-state index in [9.17, 15) is 8.78 Å². The summed E-state index contributed by atoms with van der Waals surface area (Å²) in [4.78, 5) is 0. The van der Waals surface area contributed by atoms with Gasteiger partial charge in [0.25, 0.3) is 0 Å². The van der Waals surface area contributed by atoms with Gasteiger partial charge in [0.1, 0.15) is 11.9 Å². The van der Waals surface area contributed by atoms with E-state index in [0.29, 0.717) is 6.54 Å². The number of benzene rings is 2. The fourth-order valence-electron chi connectivity index (χ4n) is 2.40. The van der Waals surface area contributed by atoms with Crippen LogP contribution in [0.3, 0.4) is 0 Å². The zero-order valence-electron chi connectivity index (χ0n) is 10.9. The maximum absolute atomic E-state index is 13.6. The van der Waals surface area contributed by atoms with Crippen molar-refractivity contribution in [2.24, 2.45) is 0 Å². The molecule has 0 spiro atoms. The Morgan fingerprint density at radius 2 is 1.95 bits per heavy atom. The van der Waals surface area contributed by atoms with Crippen molar-refractivity contribution in [1.82, 2.24) is 0 Å². The van der Waals surface area contributed by atoms with Crippen molar-refractivity contribution in [3.63, 3.8) is 0 Å². The molecule has 0 amide bonds. The minimum absolute atomic E-state index is 0.101. The van der Waals surface area contributed by atoms with E-state index in [4.69, 9.17) is 4.74 Å². The van der Waals surface area contributed by atoms with Gasteiger partial charge in [-0.15, -0.1) is 0 Å². The Morgan fingerprint density at radius 3 is 2.80 bits per heavy atom. The maximum Gasteiger partial charge on any atom is 0.167 e. The minimum Gasteiger partial charge on any atom is -0.486 e. The molecule has 3 rings (SSSR count). The Labute approximate surface area is 116 Å². The van der Waals surface area contributed by atoms with Gasteiger partial charge in [-0.3, -0.25) is 0 Å². The summed E-state index contributed by atoms with van der Waals surface area (Å²) in [7, 11) is 0. The lowest BCUT2D eigenvalue weighted by Crippen LogP contribution is -2.25. The van der Waals surface area contributed by atoms with E-state index < -0.39 is 11.6 Å². The van der Waals surface area contributed by atoms with Gasteiger partial charge in [-0.2, -0.15) is 0 Å². The molecule has 1 unspecified atom stereocenters. The molecule has 2 nitrogen and oxygen atoms in total. The molecule has 1 aliphatic heterocycles. The van der Waals surface area contributed by atoms with Crippen LogP contribution >= 0.6 is 0 Å². The van der Waals surface area contributed by atoms with E-state index in [1.165, 1.54) is 17.7 Å². The van der Waals surface area contributed by atoms with Crippen LogP contribution < -0.4 is 10.1 Å². The molecule has 1 aliphatic rings. The van der Waals surface area contributed by atoms with Crippen LogP contribution in [0.15, 0.2) is 42.5 Å². The maximum atomic E-state index is 13.6. The molecule has 1 heterocycles. The third-order valence-corrected chi connectivity index (χ3v) is 3.46. The number of halogens is 2. The first-order chi connectivity index (χ1) is 9.72. The minimum atomic E-state index is -0.660. The quantitative estimate of drug-likeness (QED) is 0.900. The molecule has 0 aromatic heterocycles. The molecule has 104 valence electrons. The summed E-state index contributed by atoms with van der Waals surface area (Å²) in [6.07, 6.45) is 1.53. The first-order valence-electron chi connectivity index (χ1n) is 6.66. The van der Waals surface area contributed by atoms with Crippen molar-refractivity contribution in [1.29, 1.82) is 0 Å². The number of anilines is 1. The van der Waals surface area contributed by atoms with Crippen molar-refractivity contribution in [3.8, 4) is 5.75 Å². The first-order valence-corrected chi connectivity index (χ1v) is 6.66. The number of para-hydroxylation sites is 1. The van der Waals surface area contributed by atoms with Crippen LogP contribution in [-0.4, -0.2) is 12.6 Å². The molecule has 2 aromatic carbocycles. The zero-order valence-corrected chi connectivity index (χ0v) is 10.9. The fourth-order valence-corrected chi connectivity index (χ4v) is 2.40. The van der Waals surface area contributed by atoms with Gasteiger partial charge in [0.15, 0.2) is 11.6 Å². The number of hydrogen-bond donors (Lipinski definition) is 1. The van der Waals surface area contributed by atoms with Crippen molar-refractivity contribution in [3.05, 3.63) is 59.7 Å². The second kappa shape index (κ2) is 5.49. The Balaban J connectivity index is 1.71. The average molecular weight is 275 g/mol. The van der Waals surface area contributed by atoms with E-state index in [0.717, 1.165) is 24.6 Å². The van der Waals surface area contributed by atoms with Crippen LogP contribution in [0.1, 0.15) is 12.0 Å². The number of hydrogen-bond acceptors (Lipinski definition) is 2. The van der Waals surface area contributed by atoms with Gasteiger partial charge in [0, 0.05) is 11.8 Å². The van der Waals surface area contributed by atoms with Crippen LogP contribution in [0.25, 0.3) is 0 Å². The van der Waals surface area contributed by atoms with E-state index in [1.54, 1.807) is 0 Å². The summed E-state index contributed by atoms with van der Waals surface area (Å²) in [6, 6.07) is 11.5. The third kappa shape index (κ3) is 2.74. The molecule has 20 heavy (non-hydrogen) atoms. The van der Waals surface area contributed by atoms with Gasteiger partial charge in [0.05, 0.1) is 6.54 Å². The van der Waals surface area contributed by atoms with Gasteiger partial charge in [-0.1, -0.05) is 18.2 Å². The molecule has 0 radical (unpaired) electrons. The SMILES string of the molecule is Fc1ccc(OC2CCc3ccccc3NC2)c(F)c1. The summed E-state index contributed by atoms with van der Waals surface area (Å²) in [6.45, 7) is 0.605. The predicted molar refractivity (Wildman–Crippen MR) is 74.0 cm³/mol. The molecule has 1 atom stereocenters. The molecule has 2 aromatic rings. The first kappa shape index (κ1) is 12.9. The number of rotatable bonds is 2. The molecule has 0 bridgehead atoms. The molecule has 0 saturated heterocycles. The summed E-state index contributed by atoms with van der Waals surface area (Å²) >= 11 is 0. The standard InChI is InChI=1S/C16H15F2NO/c17-12-6-8-16(14(18)9-12)20-13-7-5-11-3-1-2-4-15(11)19-10-13/h1-4,6,8-9,13,19H,5,7,10H2. The molecule has 0 aliphatic carbocycles. The van der Waals surface area contributed by atoms with Crippen molar-refractivity contribution in [2.75, 3.05) is 11.9 Å². The van der Waals surface area contributed by atoms with E-state index in [-0.39, 0.29) is 11.9 Å². The number of aryl methyl sites for hydroxylation is 1. The number of nitrogens with one attached hydrogen (secondary N) is 1. The van der Waals surface area contributed by atoms with Crippen LogP contribution in [0.2, 0.25) is 0 Å². The molecular weight excluding hydrogens is 260 g/mol. The lowest BCUT2D eigenvalue weighted by atomic mass is 10.1. The highest BCUT2D eigenvalue weighted by molar-refractivity contribution is 5.52. The van der Waals surface area contributed by atoms with Gasteiger partial charge < -0.3 is 10.1 Å². The van der Waals surface area contributed by atoms with Crippen molar-refractivity contribution < 1.29 is 13.5 Å². The van der Waals surface area contributed by atoms with Gasteiger partial charge in [-0.05, 0) is 36.6 Å². The average Bonchev–Trinajstić information content (AvgIpc) is 2.65. The Morgan fingerprint density at radius 1 is 1.10 bits per heavy atom. The zero-order chi connectivity index (χ0) is 13.9. The highest BCUT2D eigenvalue weighted by Gasteiger charge is 2.18. The summed E-state index contributed by atoms with van der Waals surface area (Å²) in [5.41, 5.74) is 2.33. The largest absolute Gasteiger partial charge is 0.486 e. The normalized spacial score (nSPS) is 17.8. The summed E-state index contributed by atoms with van der Waals surface area (Å²) in [5.74, 6) is -1.16. The lowest BCUT2D eigenvalue weighted by molar-refractivity contribution is 0.197. The highest BCUT2D eigenvalue weighted by Crippen LogP contribution is 2.25. The molecule has 4 heteroatoms. The van der Waals surface area contributed by atoms with Crippen LogP contribution in [0.5, 0.6) is 5.75 Å². The lowest BCUT2D eigenvalue weighted by Gasteiger charge is -2.17. The van der Waals surface area contributed by atoms with Crippen LogP contribution in [0.4, 0.5) is 14.5 Å². The smallest absolute Gasteiger partial charge is 0.167 e. The topological polar surface area (TPSA) is 21.3 Å². The molecule has 0 saturated carbocycles. The van der Waals surface area contributed by atoms with Crippen LogP contribution in [0, 0.1) is 11.6 Å². The monoisotopic (exact) mass is 275 g/mol. The van der Waals surface area contributed by atoms with Gasteiger partial charge in [0.2, 0.25) is 0 Å². The molecular formula is C16H15F2NO. The Kier molecular flexibility index (Phi) is 3.54. The summed E-state index contributed by atoms with van der Waals surface area (Å²) < 4.78 is 32.1. The van der Waals surface area contributed by atoms with Gasteiger partial charge >= 0.3 is 0 Å². The second-order valence-electron chi connectivity index (χ2n) is 4.89. The number of fused-ring (bicyclic) bond motifs is 1. The fraction of sp³-hybridized carbons (Fsp3) is 0.250. The molecule has 0 fully saturated rings. The second-order valence-corrected chi connectivity index (χ2v) is 4.89. The van der Waals surface area contributed by atoms with Gasteiger partial charge in [-0.25, -0.2) is 8.78 Å². The molecule has 1 N–H and O–H groups in total. The Hall–Kier alpha value is -2.10. The van der Waals surface area contributed by atoms with E-state index in [2.05, 4.69) is 11.4 Å². The predicted octanol–water partition coefficient (Wildman–Crippen LogP) is 3.77. The highest BCUT2D eigenvalue weighted by atomic mass is 19.1. The number of ether oxygens (including phenoxy) is 1. The Bertz CT molecular complexity index is 588. The third-order valence-electron chi connectivity index (χ3n) is 3.46. The van der Waals surface area contributed by atoms with E-state index >= 15 is 0 Å². The van der Waals surface area contributed by atoms with Crippen LogP contribution in [-0.2, 0) is 6.42 Å². The van der Waals surface area contributed by atoms with Crippen molar-refractivity contribution >= 4 is 5.69 Å². The van der Waals surface area contributed by atoms with E-state index in [1.807, 2.05) is 18.2 Å². The van der Waals surface area contributed by atoms with Crippen molar-refractivity contribution in [2.45, 2.75) is 18.9 Å². The summed E-state index contributed by atoms with van der Waals surface area (Å²) in [5, 5.41) is 3.30.